The Morgan fingerprint density at radius 3 is 2.53 bits per heavy atom. The van der Waals surface area contributed by atoms with Crippen molar-refractivity contribution in [2.75, 3.05) is 18.0 Å². The van der Waals surface area contributed by atoms with Crippen LogP contribution in [0, 0.1) is 27.7 Å². The molecule has 1 aliphatic heterocycles. The summed E-state index contributed by atoms with van der Waals surface area (Å²) in [4.78, 5) is 7.48. The van der Waals surface area contributed by atoms with Crippen LogP contribution in [0.15, 0.2) is 60.8 Å². The van der Waals surface area contributed by atoms with Gasteiger partial charge >= 0.3 is 0 Å². The summed E-state index contributed by atoms with van der Waals surface area (Å²) in [7, 11) is 0. The van der Waals surface area contributed by atoms with Gasteiger partial charge in [-0.1, -0.05) is 48.5 Å². The number of rotatable bonds is 4. The normalized spacial score (nSPS) is 16.6. The summed E-state index contributed by atoms with van der Waals surface area (Å²) in [6, 6.07) is 20.0. The van der Waals surface area contributed by atoms with Crippen LogP contribution in [0.3, 0.4) is 0 Å². The van der Waals surface area contributed by atoms with E-state index in [0.717, 1.165) is 25.5 Å². The number of hydrogen-bond donors (Lipinski definition) is 0. The molecule has 1 aliphatic rings. The fourth-order valence-corrected chi connectivity index (χ4v) is 5.26. The van der Waals surface area contributed by atoms with E-state index in [0.29, 0.717) is 5.92 Å². The Morgan fingerprint density at radius 2 is 1.75 bits per heavy atom. The molecule has 0 saturated carbocycles. The Labute approximate surface area is 191 Å². The Morgan fingerprint density at radius 1 is 0.938 bits per heavy atom. The molecule has 0 spiro atoms. The molecule has 2 aromatic carbocycles. The van der Waals surface area contributed by atoms with E-state index in [4.69, 9.17) is 4.98 Å². The molecule has 0 aliphatic carbocycles. The summed E-state index contributed by atoms with van der Waals surface area (Å²) < 4.78 is 2.49. The maximum atomic E-state index is 4.95. The average molecular weight is 424 g/mol. The maximum absolute atomic E-state index is 4.95. The number of pyridine rings is 1. The highest BCUT2D eigenvalue weighted by Gasteiger charge is 2.25. The van der Waals surface area contributed by atoms with Crippen LogP contribution in [0.1, 0.15) is 52.3 Å². The van der Waals surface area contributed by atoms with Crippen molar-refractivity contribution in [2.45, 2.75) is 53.0 Å². The van der Waals surface area contributed by atoms with Crippen LogP contribution in [0.4, 0.5) is 5.82 Å². The molecule has 3 nitrogen and oxygen atoms in total. The summed E-state index contributed by atoms with van der Waals surface area (Å²) >= 11 is 0. The third-order valence-corrected chi connectivity index (χ3v) is 7.43. The van der Waals surface area contributed by atoms with E-state index in [9.17, 15) is 0 Å². The van der Waals surface area contributed by atoms with E-state index in [1.807, 2.05) is 6.20 Å². The van der Waals surface area contributed by atoms with Gasteiger partial charge in [0.15, 0.2) is 5.82 Å². The molecule has 0 bridgehead atoms. The molecule has 0 amide bonds. The van der Waals surface area contributed by atoms with Gasteiger partial charge < -0.3 is 9.47 Å². The van der Waals surface area contributed by atoms with Crippen LogP contribution in [0.5, 0.6) is 0 Å². The number of anilines is 1. The summed E-state index contributed by atoms with van der Waals surface area (Å²) in [5.41, 5.74) is 9.49. The van der Waals surface area contributed by atoms with Gasteiger partial charge in [-0.2, -0.15) is 0 Å². The Balaban J connectivity index is 1.56. The number of benzene rings is 2. The van der Waals surface area contributed by atoms with Crippen LogP contribution in [-0.2, 0) is 6.54 Å². The highest BCUT2D eigenvalue weighted by molar-refractivity contribution is 5.93. The van der Waals surface area contributed by atoms with Gasteiger partial charge in [-0.25, -0.2) is 4.98 Å². The molecule has 1 unspecified atom stereocenters. The molecule has 1 fully saturated rings. The van der Waals surface area contributed by atoms with E-state index in [-0.39, 0.29) is 0 Å². The second-order valence-electron chi connectivity index (χ2n) is 9.44. The molecule has 3 heteroatoms. The molecule has 3 heterocycles. The molecule has 0 N–H and O–H groups in total. The lowest BCUT2D eigenvalue weighted by Crippen LogP contribution is -2.35. The number of hydrogen-bond acceptors (Lipinski definition) is 2. The first-order valence-electron chi connectivity index (χ1n) is 11.8. The third kappa shape index (κ3) is 3.70. The molecular weight excluding hydrogens is 390 g/mol. The first kappa shape index (κ1) is 20.8. The lowest BCUT2D eigenvalue weighted by Gasteiger charge is -2.34. The lowest BCUT2D eigenvalue weighted by molar-refractivity contribution is 0.507. The Kier molecular flexibility index (Phi) is 5.50. The minimum atomic E-state index is 0.562. The van der Waals surface area contributed by atoms with E-state index in [1.54, 1.807) is 0 Å². The molecule has 2 aromatic heterocycles. The topological polar surface area (TPSA) is 21.1 Å². The van der Waals surface area contributed by atoms with Crippen molar-refractivity contribution < 1.29 is 0 Å². The van der Waals surface area contributed by atoms with Crippen molar-refractivity contribution in [3.05, 3.63) is 94.3 Å². The van der Waals surface area contributed by atoms with E-state index >= 15 is 0 Å². The van der Waals surface area contributed by atoms with Crippen LogP contribution < -0.4 is 4.90 Å². The van der Waals surface area contributed by atoms with E-state index in [2.05, 4.69) is 91.8 Å². The van der Waals surface area contributed by atoms with Gasteiger partial charge in [0.05, 0.1) is 5.52 Å². The van der Waals surface area contributed by atoms with E-state index in [1.165, 1.54) is 57.3 Å². The summed E-state index contributed by atoms with van der Waals surface area (Å²) in [5, 5.41) is 1.33. The molecule has 5 rings (SSSR count). The highest BCUT2D eigenvalue weighted by Crippen LogP contribution is 2.36. The van der Waals surface area contributed by atoms with Crippen molar-refractivity contribution in [2.24, 2.45) is 0 Å². The number of aromatic nitrogens is 2. The second kappa shape index (κ2) is 8.46. The van der Waals surface area contributed by atoms with E-state index < -0.39 is 0 Å². The minimum absolute atomic E-state index is 0.562. The molecule has 164 valence electrons. The average Bonchev–Trinajstić information content (AvgIpc) is 3.07. The zero-order chi connectivity index (χ0) is 22.2. The van der Waals surface area contributed by atoms with Crippen LogP contribution >= 0.6 is 0 Å². The Bertz CT molecular complexity index is 1250. The summed E-state index contributed by atoms with van der Waals surface area (Å²) in [6.07, 6.45) is 4.45. The van der Waals surface area contributed by atoms with Gasteiger partial charge in [0.2, 0.25) is 0 Å². The van der Waals surface area contributed by atoms with Gasteiger partial charge in [0, 0.05) is 42.8 Å². The fourth-order valence-electron chi connectivity index (χ4n) is 5.26. The first-order chi connectivity index (χ1) is 15.5. The van der Waals surface area contributed by atoms with Crippen molar-refractivity contribution >= 4 is 16.7 Å². The lowest BCUT2D eigenvalue weighted by atomic mass is 9.90. The quantitative estimate of drug-likeness (QED) is 0.364. The van der Waals surface area contributed by atoms with Gasteiger partial charge in [-0.15, -0.1) is 0 Å². The summed E-state index contributed by atoms with van der Waals surface area (Å²) in [6.45, 7) is 11.9. The predicted molar refractivity (Wildman–Crippen MR) is 135 cm³/mol. The maximum Gasteiger partial charge on any atom is 0.153 e. The number of fused-ring (bicyclic) bond motifs is 1. The zero-order valence-corrected chi connectivity index (χ0v) is 19.7. The van der Waals surface area contributed by atoms with Crippen molar-refractivity contribution in [3.8, 4) is 0 Å². The molecule has 1 saturated heterocycles. The second-order valence-corrected chi connectivity index (χ2v) is 9.44. The van der Waals surface area contributed by atoms with Gasteiger partial charge in [-0.3, -0.25) is 0 Å². The molecule has 32 heavy (non-hydrogen) atoms. The van der Waals surface area contributed by atoms with Gasteiger partial charge in [0.1, 0.15) is 0 Å². The number of piperidine rings is 1. The standard InChI is InChI=1S/C29H33N3/c1-20-12-13-24(17-21(20)2)18-32-23(4)22(3)27-14-15-30-29(28(27)32)31-16-8-11-26(19-31)25-9-6-5-7-10-25/h5-7,9-10,12-15,17,26H,8,11,16,18-19H2,1-4H3. The fraction of sp³-hybridized carbons (Fsp3) is 0.345. The first-order valence-corrected chi connectivity index (χ1v) is 11.8. The molecule has 0 radical (unpaired) electrons. The smallest absolute Gasteiger partial charge is 0.153 e. The molecule has 4 aromatic rings. The van der Waals surface area contributed by atoms with Gasteiger partial charge in [-0.05, 0) is 74.4 Å². The van der Waals surface area contributed by atoms with Gasteiger partial charge in [0.25, 0.3) is 0 Å². The van der Waals surface area contributed by atoms with Crippen molar-refractivity contribution in [1.29, 1.82) is 0 Å². The third-order valence-electron chi connectivity index (χ3n) is 7.43. The summed E-state index contributed by atoms with van der Waals surface area (Å²) in [5.74, 6) is 1.70. The number of nitrogens with zero attached hydrogens (tertiary/aromatic N) is 3. The van der Waals surface area contributed by atoms with Crippen LogP contribution in [0.2, 0.25) is 0 Å². The molecule has 1 atom stereocenters. The monoisotopic (exact) mass is 423 g/mol. The van der Waals surface area contributed by atoms with Crippen LogP contribution in [-0.4, -0.2) is 22.6 Å². The molecular formula is C29H33N3. The predicted octanol–water partition coefficient (Wildman–Crippen LogP) is 6.70. The highest BCUT2D eigenvalue weighted by atomic mass is 15.2. The minimum Gasteiger partial charge on any atom is -0.354 e. The SMILES string of the molecule is Cc1ccc(Cn2c(C)c(C)c3ccnc(N4CCCC(c5ccccc5)C4)c32)cc1C. The number of aryl methyl sites for hydroxylation is 3. The van der Waals surface area contributed by atoms with Crippen molar-refractivity contribution in [1.82, 2.24) is 9.55 Å². The van der Waals surface area contributed by atoms with Crippen molar-refractivity contribution in [3.63, 3.8) is 0 Å². The zero-order valence-electron chi connectivity index (χ0n) is 19.7. The van der Waals surface area contributed by atoms with Crippen LogP contribution in [0.25, 0.3) is 10.9 Å². The largest absolute Gasteiger partial charge is 0.354 e. The Hall–Kier alpha value is -3.07.